The molecule has 1 aliphatic heterocycles. The van der Waals surface area contributed by atoms with Crippen molar-refractivity contribution in [2.45, 2.75) is 45.8 Å². The van der Waals surface area contributed by atoms with Gasteiger partial charge < -0.3 is 19.4 Å². The standard InChI is InChI=1S/C32H32N2O4/c1-21(2)38-31(36)26-18-34(20-32(3,4)28-25-15-8-9-16-27(25)33-29(26)28)30(35)23-13-10-14-24(17-23)37-19-22-11-6-5-7-12-22/h5-18,21,33H,19-20H2,1-4H3. The van der Waals surface area contributed by atoms with E-state index in [0.717, 1.165) is 22.0 Å². The van der Waals surface area contributed by atoms with Crippen molar-refractivity contribution in [2.24, 2.45) is 0 Å². The van der Waals surface area contributed by atoms with E-state index >= 15 is 0 Å². The predicted octanol–water partition coefficient (Wildman–Crippen LogP) is 6.47. The molecule has 1 amide bonds. The summed E-state index contributed by atoms with van der Waals surface area (Å²) in [5.41, 5.74) is 4.03. The molecule has 0 spiro atoms. The second-order valence-corrected chi connectivity index (χ2v) is 10.5. The summed E-state index contributed by atoms with van der Waals surface area (Å²) in [5.74, 6) is -0.0794. The zero-order chi connectivity index (χ0) is 26.9. The second-order valence-electron chi connectivity index (χ2n) is 10.5. The number of nitrogens with zero attached hydrogens (tertiary/aromatic N) is 1. The molecule has 3 aromatic carbocycles. The summed E-state index contributed by atoms with van der Waals surface area (Å²) >= 11 is 0. The van der Waals surface area contributed by atoms with E-state index in [0.29, 0.717) is 35.7 Å². The molecule has 6 nitrogen and oxygen atoms in total. The molecule has 1 N–H and O–H groups in total. The van der Waals surface area contributed by atoms with Gasteiger partial charge in [-0.1, -0.05) is 68.4 Å². The fraction of sp³-hybridized carbons (Fsp3) is 0.250. The van der Waals surface area contributed by atoms with Crippen LogP contribution in [0, 0.1) is 0 Å². The first-order valence-corrected chi connectivity index (χ1v) is 12.8. The van der Waals surface area contributed by atoms with Crippen molar-refractivity contribution in [1.82, 2.24) is 9.88 Å². The van der Waals surface area contributed by atoms with E-state index in [1.807, 2.05) is 80.6 Å². The maximum Gasteiger partial charge on any atom is 0.342 e. The third kappa shape index (κ3) is 5.07. The maximum absolute atomic E-state index is 13.9. The number of H-pyrrole nitrogens is 1. The van der Waals surface area contributed by atoms with Gasteiger partial charge in [0.2, 0.25) is 0 Å². The second kappa shape index (κ2) is 10.2. The van der Waals surface area contributed by atoms with Gasteiger partial charge in [0.25, 0.3) is 5.91 Å². The number of para-hydroxylation sites is 1. The van der Waals surface area contributed by atoms with Crippen LogP contribution < -0.4 is 4.74 Å². The van der Waals surface area contributed by atoms with Crippen molar-refractivity contribution in [3.8, 4) is 5.75 Å². The molecule has 0 fully saturated rings. The highest BCUT2D eigenvalue weighted by molar-refractivity contribution is 6.18. The topological polar surface area (TPSA) is 71.6 Å². The fourth-order valence-electron chi connectivity index (χ4n) is 5.01. The van der Waals surface area contributed by atoms with Crippen molar-refractivity contribution in [3.05, 3.63) is 107 Å². The van der Waals surface area contributed by atoms with E-state index in [1.165, 1.54) is 0 Å². The molecule has 0 saturated carbocycles. The third-order valence-electron chi connectivity index (χ3n) is 6.66. The number of carbonyl (C=O) groups is 2. The van der Waals surface area contributed by atoms with Gasteiger partial charge in [0.05, 0.1) is 17.4 Å². The zero-order valence-electron chi connectivity index (χ0n) is 22.2. The van der Waals surface area contributed by atoms with Crippen LogP contribution in [0.15, 0.2) is 85.1 Å². The first-order valence-electron chi connectivity index (χ1n) is 12.8. The molecule has 4 aromatic rings. The Morgan fingerprint density at radius 3 is 2.47 bits per heavy atom. The normalized spacial score (nSPS) is 14.6. The van der Waals surface area contributed by atoms with Crippen molar-refractivity contribution < 1.29 is 19.1 Å². The summed E-state index contributed by atoms with van der Waals surface area (Å²) in [5, 5.41) is 1.03. The molecule has 194 valence electrons. The van der Waals surface area contributed by atoms with Gasteiger partial charge in [-0.05, 0) is 49.2 Å². The molecule has 0 saturated heterocycles. The van der Waals surface area contributed by atoms with E-state index in [9.17, 15) is 9.59 Å². The summed E-state index contributed by atoms with van der Waals surface area (Å²) in [6.07, 6.45) is 1.34. The maximum atomic E-state index is 13.9. The lowest BCUT2D eigenvalue weighted by atomic mass is 9.81. The van der Waals surface area contributed by atoms with Gasteiger partial charge in [-0.3, -0.25) is 4.79 Å². The van der Waals surface area contributed by atoms with E-state index < -0.39 is 11.4 Å². The van der Waals surface area contributed by atoms with E-state index in [1.54, 1.807) is 23.2 Å². The van der Waals surface area contributed by atoms with Crippen LogP contribution in [0.5, 0.6) is 5.75 Å². The summed E-state index contributed by atoms with van der Waals surface area (Å²) in [7, 11) is 0. The monoisotopic (exact) mass is 508 g/mol. The van der Waals surface area contributed by atoms with Crippen LogP contribution in [0.4, 0.5) is 0 Å². The van der Waals surface area contributed by atoms with Crippen LogP contribution in [0.3, 0.4) is 0 Å². The number of benzene rings is 3. The van der Waals surface area contributed by atoms with E-state index in [-0.39, 0.29) is 12.0 Å². The Hall–Kier alpha value is -4.32. The van der Waals surface area contributed by atoms with Crippen LogP contribution in [0.2, 0.25) is 0 Å². The molecule has 0 aliphatic carbocycles. The van der Waals surface area contributed by atoms with Gasteiger partial charge in [-0.2, -0.15) is 0 Å². The number of esters is 1. The van der Waals surface area contributed by atoms with Crippen molar-refractivity contribution in [2.75, 3.05) is 6.54 Å². The van der Waals surface area contributed by atoms with Gasteiger partial charge in [0.1, 0.15) is 12.4 Å². The molecule has 1 aromatic heterocycles. The summed E-state index contributed by atoms with van der Waals surface area (Å²) in [4.78, 5) is 32.2. The number of fused-ring (bicyclic) bond motifs is 3. The minimum absolute atomic E-state index is 0.215. The molecule has 0 bridgehead atoms. The third-order valence-corrected chi connectivity index (χ3v) is 6.66. The number of ether oxygens (including phenoxy) is 2. The molecule has 1 aliphatic rings. The number of aromatic amines is 1. The van der Waals surface area contributed by atoms with Gasteiger partial charge >= 0.3 is 5.97 Å². The van der Waals surface area contributed by atoms with Crippen molar-refractivity contribution in [1.29, 1.82) is 0 Å². The quantitative estimate of drug-likeness (QED) is 0.303. The molecular formula is C32H32N2O4. The van der Waals surface area contributed by atoms with Gasteiger partial charge in [0.15, 0.2) is 0 Å². The number of nitrogens with one attached hydrogen (secondary N) is 1. The fourth-order valence-corrected chi connectivity index (χ4v) is 5.01. The molecule has 2 heterocycles. The SMILES string of the molecule is CC(C)OC(=O)C1=CN(C(=O)c2cccc(OCc3ccccc3)c2)CC(C)(C)c2c1[nH]c1ccccc21. The number of rotatable bonds is 6. The number of hydrogen-bond acceptors (Lipinski definition) is 4. The van der Waals surface area contributed by atoms with Crippen molar-refractivity contribution >= 4 is 28.4 Å². The highest BCUT2D eigenvalue weighted by Crippen LogP contribution is 2.40. The molecule has 5 rings (SSSR count). The molecule has 0 unspecified atom stereocenters. The molecular weight excluding hydrogens is 476 g/mol. The van der Waals surface area contributed by atoms with Crippen LogP contribution in [0.1, 0.15) is 54.9 Å². The van der Waals surface area contributed by atoms with Crippen LogP contribution in [0.25, 0.3) is 16.5 Å². The van der Waals surface area contributed by atoms with Gasteiger partial charge in [-0.25, -0.2) is 4.79 Å². The summed E-state index contributed by atoms with van der Waals surface area (Å²) in [6, 6.07) is 25.0. The molecule has 6 heteroatoms. The minimum Gasteiger partial charge on any atom is -0.489 e. The highest BCUT2D eigenvalue weighted by atomic mass is 16.5. The molecule has 0 atom stereocenters. The average molecular weight is 509 g/mol. The van der Waals surface area contributed by atoms with E-state index in [2.05, 4.69) is 18.8 Å². The first-order chi connectivity index (χ1) is 18.2. The van der Waals surface area contributed by atoms with Gasteiger partial charge in [-0.15, -0.1) is 0 Å². The first kappa shape index (κ1) is 25.3. The summed E-state index contributed by atoms with van der Waals surface area (Å²) in [6.45, 7) is 8.60. The Balaban J connectivity index is 1.51. The lowest BCUT2D eigenvalue weighted by molar-refractivity contribution is -0.140. The average Bonchev–Trinajstić information content (AvgIpc) is 3.25. The highest BCUT2D eigenvalue weighted by Gasteiger charge is 2.37. The predicted molar refractivity (Wildman–Crippen MR) is 149 cm³/mol. The number of aromatic nitrogens is 1. The van der Waals surface area contributed by atoms with Crippen LogP contribution in [-0.2, 0) is 21.6 Å². The van der Waals surface area contributed by atoms with E-state index in [4.69, 9.17) is 9.47 Å². The Morgan fingerprint density at radius 1 is 0.974 bits per heavy atom. The minimum atomic E-state index is -0.469. The molecule has 0 radical (unpaired) electrons. The van der Waals surface area contributed by atoms with Crippen LogP contribution in [-0.4, -0.2) is 34.4 Å². The summed E-state index contributed by atoms with van der Waals surface area (Å²) < 4.78 is 11.6. The van der Waals surface area contributed by atoms with Crippen LogP contribution >= 0.6 is 0 Å². The Morgan fingerprint density at radius 2 is 1.71 bits per heavy atom. The zero-order valence-corrected chi connectivity index (χ0v) is 22.2. The lowest BCUT2D eigenvalue weighted by Gasteiger charge is -2.29. The Kier molecular flexibility index (Phi) is 6.81. The number of hydrogen-bond donors (Lipinski definition) is 1. The van der Waals surface area contributed by atoms with Crippen molar-refractivity contribution in [3.63, 3.8) is 0 Å². The lowest BCUT2D eigenvalue weighted by Crippen LogP contribution is -2.37. The number of amides is 1. The number of carbonyl (C=O) groups excluding carboxylic acids is 2. The smallest absolute Gasteiger partial charge is 0.342 e. The Bertz CT molecular complexity index is 1520. The largest absolute Gasteiger partial charge is 0.489 e. The Labute approximate surface area is 222 Å². The molecule has 38 heavy (non-hydrogen) atoms. The van der Waals surface area contributed by atoms with Gasteiger partial charge in [0, 0.05) is 34.6 Å².